The van der Waals surface area contributed by atoms with Crippen LogP contribution in [0.25, 0.3) is 11.5 Å². The molecule has 7 nitrogen and oxygen atoms in total. The molecule has 7 heteroatoms. The number of benzene rings is 1. The van der Waals surface area contributed by atoms with Gasteiger partial charge in [-0.2, -0.15) is 0 Å². The molecule has 1 aliphatic rings. The van der Waals surface area contributed by atoms with E-state index in [2.05, 4.69) is 24.0 Å². The average Bonchev–Trinajstić information content (AvgIpc) is 3.20. The second-order valence-electron chi connectivity index (χ2n) is 9.23. The van der Waals surface area contributed by atoms with Gasteiger partial charge < -0.3 is 19.2 Å². The molecule has 0 bridgehead atoms. The molecule has 1 amide bonds. The number of oxazole rings is 1. The zero-order valence-corrected chi connectivity index (χ0v) is 20.7. The Balaban J connectivity index is 0.000000254. The van der Waals surface area contributed by atoms with Crippen LogP contribution in [-0.4, -0.2) is 52.7 Å². The Morgan fingerprint density at radius 2 is 1.88 bits per heavy atom. The molecule has 0 radical (unpaired) electrons. The van der Waals surface area contributed by atoms with Crippen molar-refractivity contribution >= 4 is 11.9 Å². The molecule has 2 aromatic rings. The molecule has 0 spiro atoms. The highest BCUT2D eigenvalue weighted by molar-refractivity contribution is 5.82. The Labute approximate surface area is 197 Å². The number of hydrogen-bond donors (Lipinski definition) is 1. The van der Waals surface area contributed by atoms with Gasteiger partial charge in [-0.3, -0.25) is 4.79 Å². The first-order chi connectivity index (χ1) is 15.6. The van der Waals surface area contributed by atoms with Crippen LogP contribution >= 0.6 is 0 Å². The van der Waals surface area contributed by atoms with Crippen molar-refractivity contribution in [2.75, 3.05) is 13.7 Å². The Morgan fingerprint density at radius 3 is 2.36 bits per heavy atom. The van der Waals surface area contributed by atoms with Crippen LogP contribution < -0.4 is 0 Å². The minimum atomic E-state index is -0.922. The number of carboxylic acid groups (broad SMARTS) is 1. The summed E-state index contributed by atoms with van der Waals surface area (Å²) in [6, 6.07) is 7.39. The Bertz CT molecular complexity index is 890. The summed E-state index contributed by atoms with van der Waals surface area (Å²) in [7, 11) is 1.71. The number of aryl methyl sites for hydroxylation is 2. The van der Waals surface area contributed by atoms with E-state index in [-0.39, 0.29) is 17.9 Å². The molecule has 1 heterocycles. The number of hydrogen-bond acceptors (Lipinski definition) is 5. The number of carbonyl (C=O) groups excluding carboxylic acids is 1. The molecule has 1 N–H and O–H groups in total. The molecular formula is C26H38N2O5. The van der Waals surface area contributed by atoms with Crippen molar-refractivity contribution in [3.63, 3.8) is 0 Å². The predicted octanol–water partition coefficient (Wildman–Crippen LogP) is 5.11. The van der Waals surface area contributed by atoms with Crippen molar-refractivity contribution in [1.29, 1.82) is 0 Å². The quantitative estimate of drug-likeness (QED) is 0.620. The first-order valence-corrected chi connectivity index (χ1v) is 11.6. The van der Waals surface area contributed by atoms with E-state index in [1.54, 1.807) is 13.3 Å². The summed E-state index contributed by atoms with van der Waals surface area (Å²) >= 11 is 0. The molecule has 1 fully saturated rings. The minimum Gasteiger partial charge on any atom is -0.480 e. The van der Waals surface area contributed by atoms with E-state index in [1.807, 2.05) is 32.9 Å². The summed E-state index contributed by atoms with van der Waals surface area (Å²) in [6.45, 7) is 9.61. The van der Waals surface area contributed by atoms with E-state index >= 15 is 0 Å². The fraction of sp³-hybridized carbons (Fsp3) is 0.577. The van der Waals surface area contributed by atoms with Crippen LogP contribution in [-0.2, 0) is 14.3 Å². The zero-order chi connectivity index (χ0) is 24.5. The monoisotopic (exact) mass is 458 g/mol. The third-order valence-electron chi connectivity index (χ3n) is 6.07. The molecule has 1 aromatic heterocycles. The van der Waals surface area contributed by atoms with E-state index in [4.69, 9.17) is 9.15 Å². The van der Waals surface area contributed by atoms with Gasteiger partial charge in [0.25, 0.3) is 0 Å². The van der Waals surface area contributed by atoms with Crippen LogP contribution in [0.1, 0.15) is 57.8 Å². The summed E-state index contributed by atoms with van der Waals surface area (Å²) in [5.74, 6) is 0.685. The van der Waals surface area contributed by atoms with Crippen molar-refractivity contribution in [2.24, 2.45) is 11.8 Å². The first kappa shape index (κ1) is 26.6. The average molecular weight is 459 g/mol. The number of aromatic nitrogens is 1. The van der Waals surface area contributed by atoms with E-state index in [1.165, 1.54) is 17.4 Å². The van der Waals surface area contributed by atoms with Crippen LogP contribution in [0, 0.1) is 25.7 Å². The molecule has 182 valence electrons. The maximum atomic E-state index is 11.9. The number of carboxylic acids is 1. The highest BCUT2D eigenvalue weighted by atomic mass is 16.5. The SMILES string of the molecule is COC1CCCC(CN(C(C)=O)[C@H](C(=O)O)C(C)C)C1.Cc1ccc(-c2ncc(C)o2)cc1. The van der Waals surface area contributed by atoms with Gasteiger partial charge in [-0.05, 0) is 57.1 Å². The molecule has 1 saturated carbocycles. The Hall–Kier alpha value is -2.67. The molecule has 0 saturated heterocycles. The van der Waals surface area contributed by atoms with Crippen molar-refractivity contribution in [3.05, 3.63) is 41.8 Å². The van der Waals surface area contributed by atoms with Crippen LogP contribution in [0.2, 0.25) is 0 Å². The van der Waals surface area contributed by atoms with Gasteiger partial charge >= 0.3 is 5.97 Å². The van der Waals surface area contributed by atoms with Crippen LogP contribution in [0.3, 0.4) is 0 Å². The highest BCUT2D eigenvalue weighted by Crippen LogP contribution is 2.28. The van der Waals surface area contributed by atoms with Gasteiger partial charge in [0.15, 0.2) is 0 Å². The number of nitrogens with zero attached hydrogens (tertiary/aromatic N) is 2. The summed E-state index contributed by atoms with van der Waals surface area (Å²) in [4.78, 5) is 29.0. The Kier molecular flexibility index (Phi) is 10.1. The molecule has 2 unspecified atom stereocenters. The van der Waals surface area contributed by atoms with E-state index < -0.39 is 12.0 Å². The largest absolute Gasteiger partial charge is 0.480 e. The smallest absolute Gasteiger partial charge is 0.326 e. The molecule has 33 heavy (non-hydrogen) atoms. The molecule has 1 aliphatic carbocycles. The topological polar surface area (TPSA) is 92.9 Å². The third kappa shape index (κ3) is 8.00. The van der Waals surface area contributed by atoms with Crippen molar-refractivity contribution in [3.8, 4) is 11.5 Å². The summed E-state index contributed by atoms with van der Waals surface area (Å²) < 4.78 is 10.8. The number of methoxy groups -OCH3 is 1. The number of ether oxygens (including phenoxy) is 1. The minimum absolute atomic E-state index is 0.0989. The van der Waals surface area contributed by atoms with Crippen molar-refractivity contribution < 1.29 is 23.8 Å². The van der Waals surface area contributed by atoms with Gasteiger partial charge in [-0.1, -0.05) is 38.0 Å². The van der Waals surface area contributed by atoms with E-state index in [0.29, 0.717) is 18.4 Å². The van der Waals surface area contributed by atoms with Gasteiger partial charge in [-0.15, -0.1) is 0 Å². The van der Waals surface area contributed by atoms with Crippen LogP contribution in [0.5, 0.6) is 0 Å². The maximum absolute atomic E-state index is 11.9. The highest BCUT2D eigenvalue weighted by Gasteiger charge is 2.33. The lowest BCUT2D eigenvalue weighted by atomic mass is 9.86. The summed E-state index contributed by atoms with van der Waals surface area (Å²) in [6.07, 6.45) is 6.05. The third-order valence-corrected chi connectivity index (χ3v) is 6.07. The molecular weight excluding hydrogens is 420 g/mol. The van der Waals surface area contributed by atoms with Gasteiger partial charge in [0.05, 0.1) is 12.3 Å². The van der Waals surface area contributed by atoms with Gasteiger partial charge in [0.2, 0.25) is 11.8 Å². The second-order valence-corrected chi connectivity index (χ2v) is 9.23. The number of aliphatic carboxylic acids is 1. The first-order valence-electron chi connectivity index (χ1n) is 11.6. The second kappa shape index (κ2) is 12.5. The van der Waals surface area contributed by atoms with Crippen LogP contribution in [0.4, 0.5) is 0 Å². The van der Waals surface area contributed by atoms with Gasteiger partial charge in [0, 0.05) is 26.1 Å². The lowest BCUT2D eigenvalue weighted by Gasteiger charge is -2.36. The maximum Gasteiger partial charge on any atom is 0.326 e. The molecule has 1 aromatic carbocycles. The standard InChI is InChI=1S/C15H27NO4.C11H11NO/c1-10(2)14(15(18)19)16(11(3)17)9-12-6-5-7-13(8-12)20-4;1-8-3-5-10(6-4-8)11-12-7-9(2)13-11/h10,12-14H,5-9H2,1-4H3,(H,18,19);3-7H,1-2H3/t12?,13?,14-;/m0./s1. The van der Waals surface area contributed by atoms with Gasteiger partial charge in [0.1, 0.15) is 11.8 Å². The molecule has 3 atom stereocenters. The number of carbonyl (C=O) groups is 2. The summed E-state index contributed by atoms with van der Waals surface area (Å²) in [5, 5.41) is 9.37. The zero-order valence-electron chi connectivity index (χ0n) is 20.7. The van der Waals surface area contributed by atoms with Crippen LogP contribution in [0.15, 0.2) is 34.9 Å². The fourth-order valence-electron chi connectivity index (χ4n) is 4.30. The normalized spacial score (nSPS) is 18.9. The van der Waals surface area contributed by atoms with Crippen molar-refractivity contribution in [2.45, 2.75) is 72.4 Å². The van der Waals surface area contributed by atoms with Gasteiger partial charge in [-0.25, -0.2) is 9.78 Å². The number of rotatable bonds is 7. The lowest BCUT2D eigenvalue weighted by molar-refractivity contribution is -0.152. The summed E-state index contributed by atoms with van der Waals surface area (Å²) in [5.41, 5.74) is 2.27. The van der Waals surface area contributed by atoms with E-state index in [9.17, 15) is 14.7 Å². The molecule has 0 aliphatic heterocycles. The van der Waals surface area contributed by atoms with E-state index in [0.717, 1.165) is 37.0 Å². The number of amides is 1. The fourth-order valence-corrected chi connectivity index (χ4v) is 4.30. The molecule has 3 rings (SSSR count). The predicted molar refractivity (Wildman–Crippen MR) is 128 cm³/mol. The lowest BCUT2D eigenvalue weighted by Crippen LogP contribution is -2.49. The Morgan fingerprint density at radius 1 is 1.21 bits per heavy atom. The van der Waals surface area contributed by atoms with Crippen molar-refractivity contribution in [1.82, 2.24) is 9.88 Å².